The lowest BCUT2D eigenvalue weighted by Crippen LogP contribution is -2.34. The number of nitrogens with zero attached hydrogens (tertiary/aromatic N) is 2. The lowest BCUT2D eigenvalue weighted by atomic mass is 10.1. The number of nitrogens with one attached hydrogen (secondary N) is 1. The maximum Gasteiger partial charge on any atom is 0.417 e. The van der Waals surface area contributed by atoms with Crippen molar-refractivity contribution < 1.29 is 18.0 Å². The molecular weight excluding hydrogens is 455 g/mol. The summed E-state index contributed by atoms with van der Waals surface area (Å²) in [7, 11) is 0. The van der Waals surface area contributed by atoms with E-state index in [9.17, 15) is 23.2 Å². The number of thiophene rings is 1. The fourth-order valence-electron chi connectivity index (χ4n) is 3.08. The van der Waals surface area contributed by atoms with Crippen molar-refractivity contribution in [3.8, 4) is 16.6 Å². The van der Waals surface area contributed by atoms with Gasteiger partial charge in [0.1, 0.15) is 11.1 Å². The molecule has 2 atom stereocenters. The number of rotatable bonds is 7. The molecule has 2 unspecified atom stereocenters. The van der Waals surface area contributed by atoms with Crippen molar-refractivity contribution in [1.29, 1.82) is 5.26 Å². The molecule has 0 aliphatic heterocycles. The van der Waals surface area contributed by atoms with Gasteiger partial charge in [-0.3, -0.25) is 4.79 Å². The van der Waals surface area contributed by atoms with E-state index in [0.29, 0.717) is 11.3 Å². The molecule has 2 heterocycles. The van der Waals surface area contributed by atoms with Gasteiger partial charge in [0, 0.05) is 0 Å². The summed E-state index contributed by atoms with van der Waals surface area (Å²) in [6, 6.07) is 15.0. The number of thioether (sulfide) groups is 1. The number of carbonyl (C=O) groups is 1. The number of alkyl halides is 3. The van der Waals surface area contributed by atoms with Gasteiger partial charge in [0.15, 0.2) is 0 Å². The molecule has 4 nitrogen and oxygen atoms in total. The van der Waals surface area contributed by atoms with Gasteiger partial charge in [-0.1, -0.05) is 55.1 Å². The number of hydrogen-bond acceptors (Lipinski definition) is 5. The van der Waals surface area contributed by atoms with E-state index in [2.05, 4.69) is 10.3 Å². The molecule has 3 rings (SSSR count). The van der Waals surface area contributed by atoms with Crippen LogP contribution in [0.3, 0.4) is 0 Å². The van der Waals surface area contributed by atoms with Crippen LogP contribution in [0, 0.1) is 11.3 Å². The van der Waals surface area contributed by atoms with Crippen molar-refractivity contribution in [2.24, 2.45) is 0 Å². The van der Waals surface area contributed by atoms with Gasteiger partial charge in [0.2, 0.25) is 5.91 Å². The predicted molar refractivity (Wildman–Crippen MR) is 120 cm³/mol. The van der Waals surface area contributed by atoms with Crippen molar-refractivity contribution in [1.82, 2.24) is 10.3 Å². The van der Waals surface area contributed by atoms with E-state index < -0.39 is 22.6 Å². The second-order valence-corrected chi connectivity index (χ2v) is 9.12. The smallest absolute Gasteiger partial charge is 0.349 e. The second kappa shape index (κ2) is 10.2. The Balaban J connectivity index is 1.94. The molecule has 0 fully saturated rings. The van der Waals surface area contributed by atoms with Crippen LogP contribution >= 0.6 is 23.1 Å². The average Bonchev–Trinajstić information content (AvgIpc) is 3.31. The Kier molecular flexibility index (Phi) is 7.59. The maximum absolute atomic E-state index is 13.7. The topological polar surface area (TPSA) is 65.8 Å². The normalized spacial score (nSPS) is 13.2. The van der Waals surface area contributed by atoms with E-state index in [4.69, 9.17) is 0 Å². The van der Waals surface area contributed by atoms with Crippen LogP contribution in [0.2, 0.25) is 0 Å². The summed E-state index contributed by atoms with van der Waals surface area (Å²) in [5, 5.41) is 13.3. The first-order valence-corrected chi connectivity index (χ1v) is 11.6. The first kappa shape index (κ1) is 23.8. The van der Waals surface area contributed by atoms with E-state index in [1.54, 1.807) is 30.5 Å². The molecule has 0 aliphatic carbocycles. The molecule has 3 aromatic rings. The third-order valence-electron chi connectivity index (χ3n) is 4.75. The van der Waals surface area contributed by atoms with Crippen molar-refractivity contribution in [3.63, 3.8) is 0 Å². The van der Waals surface area contributed by atoms with Crippen molar-refractivity contribution >= 4 is 29.0 Å². The zero-order chi connectivity index (χ0) is 23.3. The number of halogens is 3. The molecule has 0 aliphatic rings. The minimum atomic E-state index is -4.72. The molecule has 0 spiro atoms. The van der Waals surface area contributed by atoms with Crippen LogP contribution in [-0.4, -0.2) is 16.1 Å². The van der Waals surface area contributed by atoms with Gasteiger partial charge in [-0.15, -0.1) is 11.3 Å². The number of nitriles is 1. The molecule has 0 radical (unpaired) electrons. The number of benzene rings is 1. The Morgan fingerprint density at radius 1 is 1.25 bits per heavy atom. The van der Waals surface area contributed by atoms with Crippen molar-refractivity contribution in [2.45, 2.75) is 42.8 Å². The summed E-state index contributed by atoms with van der Waals surface area (Å²) < 4.78 is 41.1. The Bertz CT molecular complexity index is 1110. The van der Waals surface area contributed by atoms with E-state index in [-0.39, 0.29) is 22.7 Å². The van der Waals surface area contributed by atoms with Crippen LogP contribution in [0.15, 0.2) is 58.9 Å². The minimum Gasteiger partial charge on any atom is -0.349 e. The van der Waals surface area contributed by atoms with Crippen LogP contribution in [0.4, 0.5) is 13.2 Å². The largest absolute Gasteiger partial charge is 0.417 e. The Morgan fingerprint density at radius 2 is 1.97 bits per heavy atom. The molecule has 0 saturated carbocycles. The zero-order valence-electron chi connectivity index (χ0n) is 17.3. The second-order valence-electron chi connectivity index (χ2n) is 6.98. The molecule has 1 amide bonds. The van der Waals surface area contributed by atoms with Gasteiger partial charge in [-0.05, 0) is 36.4 Å². The van der Waals surface area contributed by atoms with Gasteiger partial charge >= 0.3 is 6.18 Å². The number of amides is 1. The molecule has 9 heteroatoms. The van der Waals surface area contributed by atoms with Crippen LogP contribution in [-0.2, 0) is 11.0 Å². The number of aromatic nitrogens is 1. The quantitative estimate of drug-likeness (QED) is 0.399. The lowest BCUT2D eigenvalue weighted by Gasteiger charge is -2.20. The Hall–Kier alpha value is -2.83. The minimum absolute atomic E-state index is 0.0971. The van der Waals surface area contributed by atoms with Crippen molar-refractivity contribution in [2.75, 3.05) is 0 Å². The SMILES string of the molecule is CCC(Sc1nc(-c2cccs2)cc(C(F)(F)F)c1C#N)C(=O)NC(C)c1ccccc1. The zero-order valence-corrected chi connectivity index (χ0v) is 18.9. The van der Waals surface area contributed by atoms with Gasteiger partial charge in [0.25, 0.3) is 0 Å². The monoisotopic (exact) mass is 475 g/mol. The molecule has 32 heavy (non-hydrogen) atoms. The Labute approximate surface area is 192 Å². The number of pyridine rings is 1. The first-order chi connectivity index (χ1) is 15.2. The van der Waals surface area contributed by atoms with Crippen LogP contribution < -0.4 is 5.32 Å². The van der Waals surface area contributed by atoms with Gasteiger partial charge in [0.05, 0.1) is 33.0 Å². The van der Waals surface area contributed by atoms with E-state index in [1.165, 1.54) is 11.3 Å². The molecule has 0 bridgehead atoms. The van der Waals surface area contributed by atoms with Crippen LogP contribution in [0.25, 0.3) is 10.6 Å². The lowest BCUT2D eigenvalue weighted by molar-refractivity contribution is -0.138. The maximum atomic E-state index is 13.7. The van der Waals surface area contributed by atoms with Gasteiger partial charge < -0.3 is 5.32 Å². The Morgan fingerprint density at radius 3 is 2.53 bits per heavy atom. The molecule has 1 aromatic carbocycles. The summed E-state index contributed by atoms with van der Waals surface area (Å²) in [5.74, 6) is -0.324. The highest BCUT2D eigenvalue weighted by atomic mass is 32.2. The third kappa shape index (κ3) is 5.50. The van der Waals surface area contributed by atoms with Gasteiger partial charge in [-0.2, -0.15) is 18.4 Å². The van der Waals surface area contributed by atoms with E-state index in [1.807, 2.05) is 37.3 Å². The summed E-state index contributed by atoms with van der Waals surface area (Å²) in [6.45, 7) is 3.60. The third-order valence-corrected chi connectivity index (χ3v) is 7.00. The molecule has 1 N–H and O–H groups in total. The molecule has 0 saturated heterocycles. The van der Waals surface area contributed by atoms with Crippen molar-refractivity contribution in [3.05, 3.63) is 70.6 Å². The molecule has 166 valence electrons. The number of hydrogen-bond donors (Lipinski definition) is 1. The highest BCUT2D eigenvalue weighted by molar-refractivity contribution is 8.00. The summed E-state index contributed by atoms with van der Waals surface area (Å²) >= 11 is 2.14. The summed E-state index contributed by atoms with van der Waals surface area (Å²) in [5.41, 5.74) is -0.573. The standard InChI is InChI=1S/C23H20F3N3OS2/c1-3-19(21(30)28-14(2)15-8-5-4-6-9-15)32-22-16(13-27)17(23(24,25)26)12-18(29-22)20-10-7-11-31-20/h4-12,14,19H,3H2,1-2H3,(H,28,30). The van der Waals surface area contributed by atoms with E-state index in [0.717, 1.165) is 23.4 Å². The molecule has 2 aromatic heterocycles. The highest BCUT2D eigenvalue weighted by Gasteiger charge is 2.37. The van der Waals surface area contributed by atoms with E-state index >= 15 is 0 Å². The predicted octanol–water partition coefficient (Wildman–Crippen LogP) is 6.45. The average molecular weight is 476 g/mol. The highest BCUT2D eigenvalue weighted by Crippen LogP contribution is 2.40. The number of carbonyl (C=O) groups excluding carboxylic acids is 1. The fraction of sp³-hybridized carbons (Fsp3) is 0.261. The van der Waals surface area contributed by atoms with Crippen LogP contribution in [0.1, 0.15) is 43.0 Å². The summed E-state index contributed by atoms with van der Waals surface area (Å²) in [4.78, 5) is 17.8. The van der Waals surface area contributed by atoms with Gasteiger partial charge in [-0.25, -0.2) is 4.98 Å². The molecular formula is C23H20F3N3OS2. The summed E-state index contributed by atoms with van der Waals surface area (Å²) in [6.07, 6.45) is -4.36. The first-order valence-electron chi connectivity index (χ1n) is 9.82. The van der Waals surface area contributed by atoms with Crippen LogP contribution in [0.5, 0.6) is 0 Å². The fourth-order valence-corrected chi connectivity index (χ4v) is 4.80.